The first-order valence-corrected chi connectivity index (χ1v) is 7.21. The van der Waals surface area contributed by atoms with Crippen LogP contribution in [-0.4, -0.2) is 32.3 Å². The zero-order valence-electron chi connectivity index (χ0n) is 10.5. The molecule has 0 aliphatic rings. The molecule has 0 saturated carbocycles. The molecule has 0 amide bonds. The number of ether oxygens (including phenoxy) is 1. The summed E-state index contributed by atoms with van der Waals surface area (Å²) in [6.07, 6.45) is 3.23. The van der Waals surface area contributed by atoms with Gasteiger partial charge >= 0.3 is 0 Å². The van der Waals surface area contributed by atoms with Crippen LogP contribution in [0.3, 0.4) is 0 Å². The number of nitrogens with zero attached hydrogens (tertiary/aromatic N) is 1. The Morgan fingerprint density at radius 1 is 1.32 bits per heavy atom. The number of rotatable bonds is 6. The highest BCUT2D eigenvalue weighted by atomic mass is 32.2. The molecule has 2 N–H and O–H groups in total. The minimum absolute atomic E-state index is 0.141. The molecule has 0 unspecified atom stereocenters. The van der Waals surface area contributed by atoms with Gasteiger partial charge < -0.3 is 4.74 Å². The highest BCUT2D eigenvalue weighted by molar-refractivity contribution is 7.89. The van der Waals surface area contributed by atoms with Crippen molar-refractivity contribution in [2.75, 3.05) is 13.7 Å². The van der Waals surface area contributed by atoms with Crippen LogP contribution in [0, 0.1) is 0 Å². The van der Waals surface area contributed by atoms with Crippen molar-refractivity contribution < 1.29 is 13.2 Å². The monoisotopic (exact) mass is 281 g/mol. The van der Waals surface area contributed by atoms with Gasteiger partial charge in [-0.1, -0.05) is 12.1 Å². The Kier molecular flexibility index (Phi) is 4.18. The molecule has 102 valence electrons. The number of methoxy groups -OCH3 is 1. The molecule has 7 heteroatoms. The number of nitrogens with one attached hydrogen (secondary N) is 2. The van der Waals surface area contributed by atoms with E-state index >= 15 is 0 Å². The van der Waals surface area contributed by atoms with Crippen LogP contribution in [0.5, 0.6) is 5.75 Å². The van der Waals surface area contributed by atoms with Crippen LogP contribution in [0.1, 0.15) is 5.56 Å². The first kappa shape index (κ1) is 13.6. The van der Waals surface area contributed by atoms with E-state index in [1.807, 2.05) is 24.3 Å². The van der Waals surface area contributed by atoms with E-state index in [1.54, 1.807) is 7.11 Å². The van der Waals surface area contributed by atoms with E-state index in [2.05, 4.69) is 14.9 Å². The van der Waals surface area contributed by atoms with E-state index in [1.165, 1.54) is 12.4 Å². The number of aromatic nitrogens is 2. The Morgan fingerprint density at radius 2 is 2.05 bits per heavy atom. The third kappa shape index (κ3) is 3.55. The molecular weight excluding hydrogens is 266 g/mol. The lowest BCUT2D eigenvalue weighted by Gasteiger charge is -2.05. The second kappa shape index (κ2) is 5.85. The molecule has 0 fully saturated rings. The van der Waals surface area contributed by atoms with Crippen molar-refractivity contribution in [3.63, 3.8) is 0 Å². The minimum Gasteiger partial charge on any atom is -0.497 e. The Bertz CT molecular complexity index is 606. The zero-order chi connectivity index (χ0) is 13.7. The summed E-state index contributed by atoms with van der Waals surface area (Å²) in [5, 5.41) is 6.09. The third-order valence-electron chi connectivity index (χ3n) is 2.65. The maximum absolute atomic E-state index is 11.8. The third-order valence-corrected chi connectivity index (χ3v) is 4.08. The van der Waals surface area contributed by atoms with Gasteiger partial charge in [-0.3, -0.25) is 5.10 Å². The van der Waals surface area contributed by atoms with Crippen molar-refractivity contribution in [3.8, 4) is 5.75 Å². The van der Waals surface area contributed by atoms with E-state index < -0.39 is 10.0 Å². The van der Waals surface area contributed by atoms with Crippen molar-refractivity contribution >= 4 is 10.0 Å². The average Bonchev–Trinajstić information content (AvgIpc) is 2.94. The average molecular weight is 281 g/mol. The molecule has 0 atom stereocenters. The van der Waals surface area contributed by atoms with Crippen molar-refractivity contribution in [2.45, 2.75) is 11.3 Å². The predicted molar refractivity (Wildman–Crippen MR) is 70.5 cm³/mol. The molecule has 19 heavy (non-hydrogen) atoms. The van der Waals surface area contributed by atoms with E-state index in [-0.39, 0.29) is 4.90 Å². The molecule has 0 aliphatic heterocycles. The molecule has 0 bridgehead atoms. The van der Waals surface area contributed by atoms with E-state index in [4.69, 9.17) is 4.74 Å². The fourth-order valence-corrected chi connectivity index (χ4v) is 2.53. The normalized spacial score (nSPS) is 11.4. The number of benzene rings is 1. The summed E-state index contributed by atoms with van der Waals surface area (Å²) in [6, 6.07) is 7.51. The highest BCUT2D eigenvalue weighted by Crippen LogP contribution is 2.11. The summed E-state index contributed by atoms with van der Waals surface area (Å²) in [6.45, 7) is 0.333. The molecule has 2 aromatic rings. The number of hydrogen-bond acceptors (Lipinski definition) is 4. The van der Waals surface area contributed by atoms with E-state index in [0.29, 0.717) is 13.0 Å². The molecule has 0 saturated heterocycles. The fourth-order valence-electron chi connectivity index (χ4n) is 1.59. The standard InChI is InChI=1S/C12H15N3O3S/c1-18-11-4-2-10(3-5-11)6-7-15-19(16,17)12-8-13-14-9-12/h2-5,8-9,15H,6-7H2,1H3,(H,13,14). The molecule has 0 spiro atoms. The second-order valence-electron chi connectivity index (χ2n) is 3.93. The minimum atomic E-state index is -3.47. The fraction of sp³-hybridized carbons (Fsp3) is 0.250. The van der Waals surface area contributed by atoms with Crippen LogP contribution >= 0.6 is 0 Å². The van der Waals surface area contributed by atoms with Gasteiger partial charge in [-0.25, -0.2) is 13.1 Å². The summed E-state index contributed by atoms with van der Waals surface area (Å²) in [7, 11) is -1.86. The van der Waals surface area contributed by atoms with Crippen molar-refractivity contribution in [2.24, 2.45) is 0 Å². The van der Waals surface area contributed by atoms with Gasteiger partial charge in [0, 0.05) is 12.7 Å². The number of hydrogen-bond donors (Lipinski definition) is 2. The number of aromatic amines is 1. The Labute approximate surface area is 111 Å². The Hall–Kier alpha value is -1.86. The van der Waals surface area contributed by atoms with Gasteiger partial charge in [0.15, 0.2) is 0 Å². The molecular formula is C12H15N3O3S. The van der Waals surface area contributed by atoms with E-state index in [9.17, 15) is 8.42 Å². The lowest BCUT2D eigenvalue weighted by atomic mass is 10.1. The van der Waals surface area contributed by atoms with Crippen molar-refractivity contribution in [1.82, 2.24) is 14.9 Å². The summed E-state index contributed by atoms with van der Waals surface area (Å²) in [4.78, 5) is 0.141. The van der Waals surface area contributed by atoms with Gasteiger partial charge in [0.25, 0.3) is 0 Å². The topological polar surface area (TPSA) is 84.1 Å². The summed E-state index contributed by atoms with van der Waals surface area (Å²) >= 11 is 0. The first-order valence-electron chi connectivity index (χ1n) is 5.73. The van der Waals surface area contributed by atoms with Crippen LogP contribution in [0.4, 0.5) is 0 Å². The predicted octanol–water partition coefficient (Wildman–Crippen LogP) is 0.939. The zero-order valence-corrected chi connectivity index (χ0v) is 11.3. The maximum atomic E-state index is 11.8. The van der Waals surface area contributed by atoms with Crippen LogP contribution in [0.2, 0.25) is 0 Å². The lowest BCUT2D eigenvalue weighted by molar-refractivity contribution is 0.414. The van der Waals surface area contributed by atoms with Crippen molar-refractivity contribution in [1.29, 1.82) is 0 Å². The van der Waals surface area contributed by atoms with Gasteiger partial charge in [-0.2, -0.15) is 5.10 Å². The van der Waals surface area contributed by atoms with Gasteiger partial charge in [0.2, 0.25) is 10.0 Å². The molecule has 6 nitrogen and oxygen atoms in total. The van der Waals surface area contributed by atoms with Gasteiger partial charge in [-0.05, 0) is 24.1 Å². The Balaban J connectivity index is 1.89. The first-order chi connectivity index (χ1) is 9.12. The number of sulfonamides is 1. The molecule has 0 radical (unpaired) electrons. The smallest absolute Gasteiger partial charge is 0.243 e. The van der Waals surface area contributed by atoms with Crippen molar-refractivity contribution in [3.05, 3.63) is 42.2 Å². The molecule has 0 aliphatic carbocycles. The molecule has 2 rings (SSSR count). The van der Waals surface area contributed by atoms with Crippen LogP contribution in [0.25, 0.3) is 0 Å². The molecule has 1 aromatic heterocycles. The van der Waals surface area contributed by atoms with Crippen LogP contribution < -0.4 is 9.46 Å². The van der Waals surface area contributed by atoms with E-state index in [0.717, 1.165) is 11.3 Å². The summed E-state index contributed by atoms with van der Waals surface area (Å²) in [5.74, 6) is 0.780. The SMILES string of the molecule is COc1ccc(CCNS(=O)(=O)c2cn[nH]c2)cc1. The van der Waals surface area contributed by atoms with Crippen LogP contribution in [-0.2, 0) is 16.4 Å². The number of H-pyrrole nitrogens is 1. The largest absolute Gasteiger partial charge is 0.497 e. The quantitative estimate of drug-likeness (QED) is 0.825. The Morgan fingerprint density at radius 3 is 2.63 bits per heavy atom. The maximum Gasteiger partial charge on any atom is 0.243 e. The lowest BCUT2D eigenvalue weighted by Crippen LogP contribution is -2.25. The molecule has 1 aromatic carbocycles. The van der Waals surface area contributed by atoms with Crippen LogP contribution in [0.15, 0.2) is 41.6 Å². The molecule has 1 heterocycles. The summed E-state index contributed by atoms with van der Waals surface area (Å²) in [5.41, 5.74) is 1.04. The van der Waals surface area contributed by atoms with Gasteiger partial charge in [0.1, 0.15) is 10.6 Å². The van der Waals surface area contributed by atoms with Gasteiger partial charge in [-0.15, -0.1) is 0 Å². The summed E-state index contributed by atoms with van der Waals surface area (Å²) < 4.78 is 31.2. The second-order valence-corrected chi connectivity index (χ2v) is 5.70. The highest BCUT2D eigenvalue weighted by Gasteiger charge is 2.13. The van der Waals surface area contributed by atoms with Gasteiger partial charge in [0.05, 0.1) is 13.3 Å².